The van der Waals surface area contributed by atoms with Gasteiger partial charge in [-0.25, -0.2) is 0 Å². The van der Waals surface area contributed by atoms with E-state index >= 15 is 0 Å². The van der Waals surface area contributed by atoms with Crippen molar-refractivity contribution < 1.29 is 5.11 Å². The SMILES string of the molecule is CCCCCC1(O)CCSC1. The van der Waals surface area contributed by atoms with Gasteiger partial charge in [-0.3, -0.25) is 0 Å². The zero-order valence-electron chi connectivity index (χ0n) is 7.31. The summed E-state index contributed by atoms with van der Waals surface area (Å²) in [6, 6.07) is 0. The summed E-state index contributed by atoms with van der Waals surface area (Å²) in [5.74, 6) is 2.12. The lowest BCUT2D eigenvalue weighted by Gasteiger charge is -2.20. The standard InChI is InChI=1S/C9H18OS/c1-2-3-4-5-9(10)6-7-11-8-9/h10H,2-8H2,1H3. The van der Waals surface area contributed by atoms with E-state index in [0.29, 0.717) is 0 Å². The highest BCUT2D eigenvalue weighted by molar-refractivity contribution is 7.99. The maximum Gasteiger partial charge on any atom is 0.0745 e. The van der Waals surface area contributed by atoms with Gasteiger partial charge in [-0.05, 0) is 18.6 Å². The fraction of sp³-hybridized carbons (Fsp3) is 1.00. The highest BCUT2D eigenvalue weighted by atomic mass is 32.2. The maximum atomic E-state index is 9.90. The van der Waals surface area contributed by atoms with E-state index in [-0.39, 0.29) is 5.60 Å². The quantitative estimate of drug-likeness (QED) is 0.661. The molecule has 0 bridgehead atoms. The highest BCUT2D eigenvalue weighted by Gasteiger charge is 2.30. The number of aliphatic hydroxyl groups is 1. The molecule has 0 saturated carbocycles. The van der Waals surface area contributed by atoms with Gasteiger partial charge in [-0.15, -0.1) is 0 Å². The molecular formula is C9H18OS. The van der Waals surface area contributed by atoms with E-state index < -0.39 is 0 Å². The molecule has 1 aliphatic rings. The third-order valence-electron chi connectivity index (χ3n) is 2.33. The highest BCUT2D eigenvalue weighted by Crippen LogP contribution is 2.31. The number of rotatable bonds is 4. The Labute approximate surface area is 73.6 Å². The van der Waals surface area contributed by atoms with Crippen LogP contribution < -0.4 is 0 Å². The maximum absolute atomic E-state index is 9.90. The molecule has 1 heterocycles. The molecule has 66 valence electrons. The van der Waals surface area contributed by atoms with Gasteiger partial charge >= 0.3 is 0 Å². The van der Waals surface area contributed by atoms with Gasteiger partial charge in [-0.1, -0.05) is 26.2 Å². The summed E-state index contributed by atoms with van der Waals surface area (Å²) in [5, 5.41) is 9.90. The van der Waals surface area contributed by atoms with Crippen LogP contribution in [-0.2, 0) is 0 Å². The normalized spacial score (nSPS) is 31.1. The molecule has 1 fully saturated rings. The Morgan fingerprint density at radius 1 is 1.45 bits per heavy atom. The number of hydrogen-bond acceptors (Lipinski definition) is 2. The van der Waals surface area contributed by atoms with Gasteiger partial charge in [0.15, 0.2) is 0 Å². The van der Waals surface area contributed by atoms with Crippen LogP contribution in [0.5, 0.6) is 0 Å². The number of hydrogen-bond donors (Lipinski definition) is 1. The Balaban J connectivity index is 2.13. The molecule has 0 amide bonds. The molecular weight excluding hydrogens is 156 g/mol. The van der Waals surface area contributed by atoms with Crippen LogP contribution in [0.4, 0.5) is 0 Å². The minimum Gasteiger partial charge on any atom is -0.389 e. The van der Waals surface area contributed by atoms with E-state index in [4.69, 9.17) is 0 Å². The molecule has 1 aliphatic heterocycles. The summed E-state index contributed by atoms with van der Waals surface area (Å²) >= 11 is 1.89. The van der Waals surface area contributed by atoms with Crippen molar-refractivity contribution in [3.63, 3.8) is 0 Å². The Kier molecular flexibility index (Phi) is 3.73. The zero-order valence-corrected chi connectivity index (χ0v) is 8.12. The first-order valence-corrected chi connectivity index (χ1v) is 5.72. The minimum absolute atomic E-state index is 0.292. The van der Waals surface area contributed by atoms with Gasteiger partial charge in [0.1, 0.15) is 0 Å². The monoisotopic (exact) mass is 174 g/mol. The van der Waals surface area contributed by atoms with Crippen molar-refractivity contribution in [2.75, 3.05) is 11.5 Å². The third kappa shape index (κ3) is 3.04. The second-order valence-electron chi connectivity index (χ2n) is 3.48. The van der Waals surface area contributed by atoms with Crippen LogP contribution in [0.2, 0.25) is 0 Å². The lowest BCUT2D eigenvalue weighted by molar-refractivity contribution is 0.0562. The fourth-order valence-corrected chi connectivity index (χ4v) is 2.83. The molecule has 1 N–H and O–H groups in total. The Hall–Kier alpha value is 0.310. The molecule has 0 aromatic rings. The average Bonchev–Trinajstić information content (AvgIpc) is 2.38. The lowest BCUT2D eigenvalue weighted by Crippen LogP contribution is -2.27. The van der Waals surface area contributed by atoms with Crippen molar-refractivity contribution in [3.05, 3.63) is 0 Å². The summed E-state index contributed by atoms with van der Waals surface area (Å²) < 4.78 is 0. The van der Waals surface area contributed by atoms with Crippen LogP contribution >= 0.6 is 11.8 Å². The molecule has 0 aromatic carbocycles. The first kappa shape index (κ1) is 9.40. The molecule has 11 heavy (non-hydrogen) atoms. The van der Waals surface area contributed by atoms with Gasteiger partial charge in [0.05, 0.1) is 5.60 Å². The van der Waals surface area contributed by atoms with Crippen molar-refractivity contribution in [2.45, 2.75) is 44.6 Å². The van der Waals surface area contributed by atoms with Gasteiger partial charge in [0, 0.05) is 5.75 Å². The first-order chi connectivity index (χ1) is 5.27. The van der Waals surface area contributed by atoms with Crippen molar-refractivity contribution >= 4 is 11.8 Å². The molecule has 1 saturated heterocycles. The summed E-state index contributed by atoms with van der Waals surface area (Å²) in [7, 11) is 0. The molecule has 0 radical (unpaired) electrons. The van der Waals surface area contributed by atoms with E-state index in [0.717, 1.165) is 24.3 Å². The predicted molar refractivity (Wildman–Crippen MR) is 51.0 cm³/mol. The second kappa shape index (κ2) is 4.36. The van der Waals surface area contributed by atoms with E-state index in [2.05, 4.69) is 6.92 Å². The minimum atomic E-state index is -0.292. The molecule has 0 aliphatic carbocycles. The fourth-order valence-electron chi connectivity index (χ4n) is 1.50. The van der Waals surface area contributed by atoms with E-state index in [9.17, 15) is 5.11 Å². The lowest BCUT2D eigenvalue weighted by atomic mass is 9.96. The Bertz CT molecular complexity index is 108. The van der Waals surface area contributed by atoms with Crippen LogP contribution in [0.1, 0.15) is 39.0 Å². The van der Waals surface area contributed by atoms with Gasteiger partial charge in [-0.2, -0.15) is 11.8 Å². The van der Waals surface area contributed by atoms with Gasteiger partial charge < -0.3 is 5.11 Å². The van der Waals surface area contributed by atoms with Crippen molar-refractivity contribution in [1.29, 1.82) is 0 Å². The molecule has 1 unspecified atom stereocenters. The summed E-state index contributed by atoms with van der Waals surface area (Å²) in [5.41, 5.74) is -0.292. The smallest absolute Gasteiger partial charge is 0.0745 e. The molecule has 0 aromatic heterocycles. The third-order valence-corrected chi connectivity index (χ3v) is 3.56. The second-order valence-corrected chi connectivity index (χ2v) is 4.59. The molecule has 1 atom stereocenters. The van der Waals surface area contributed by atoms with Crippen molar-refractivity contribution in [2.24, 2.45) is 0 Å². The Morgan fingerprint density at radius 3 is 2.82 bits per heavy atom. The summed E-state index contributed by atoms with van der Waals surface area (Å²) in [6.45, 7) is 2.20. The summed E-state index contributed by atoms with van der Waals surface area (Å²) in [4.78, 5) is 0. The van der Waals surface area contributed by atoms with Gasteiger partial charge in [0.25, 0.3) is 0 Å². The topological polar surface area (TPSA) is 20.2 Å². The molecule has 1 rings (SSSR count). The largest absolute Gasteiger partial charge is 0.389 e. The first-order valence-electron chi connectivity index (χ1n) is 4.57. The van der Waals surface area contributed by atoms with Crippen LogP contribution in [-0.4, -0.2) is 22.2 Å². The van der Waals surface area contributed by atoms with Crippen molar-refractivity contribution in [3.8, 4) is 0 Å². The molecule has 0 spiro atoms. The van der Waals surface area contributed by atoms with Crippen molar-refractivity contribution in [1.82, 2.24) is 0 Å². The summed E-state index contributed by atoms with van der Waals surface area (Å²) in [6.07, 6.45) is 5.76. The predicted octanol–water partition coefficient (Wildman–Crippen LogP) is 2.43. The van der Waals surface area contributed by atoms with Gasteiger partial charge in [0.2, 0.25) is 0 Å². The molecule has 1 nitrogen and oxygen atoms in total. The number of thioether (sulfide) groups is 1. The van der Waals surface area contributed by atoms with E-state index in [1.807, 2.05) is 11.8 Å². The molecule has 2 heteroatoms. The van der Waals surface area contributed by atoms with Crippen LogP contribution in [0.15, 0.2) is 0 Å². The van der Waals surface area contributed by atoms with E-state index in [1.54, 1.807) is 0 Å². The van der Waals surface area contributed by atoms with Crippen LogP contribution in [0.25, 0.3) is 0 Å². The number of unbranched alkanes of at least 4 members (excludes halogenated alkanes) is 2. The zero-order chi connectivity index (χ0) is 8.16. The van der Waals surface area contributed by atoms with Crippen LogP contribution in [0, 0.1) is 0 Å². The average molecular weight is 174 g/mol. The Morgan fingerprint density at radius 2 is 2.27 bits per heavy atom. The van der Waals surface area contributed by atoms with Crippen LogP contribution in [0.3, 0.4) is 0 Å². The van der Waals surface area contributed by atoms with E-state index in [1.165, 1.54) is 19.3 Å².